The summed E-state index contributed by atoms with van der Waals surface area (Å²) >= 11 is 0. The molecule has 0 saturated carbocycles. The van der Waals surface area contributed by atoms with Crippen molar-refractivity contribution in [3.05, 3.63) is 60.2 Å². The van der Waals surface area contributed by atoms with Crippen LogP contribution in [0.3, 0.4) is 0 Å². The summed E-state index contributed by atoms with van der Waals surface area (Å²) in [7, 11) is 1.70. The van der Waals surface area contributed by atoms with Crippen molar-refractivity contribution in [2.45, 2.75) is 18.9 Å². The van der Waals surface area contributed by atoms with Crippen LogP contribution in [0.5, 0.6) is 5.75 Å². The van der Waals surface area contributed by atoms with Gasteiger partial charge >= 0.3 is 0 Å². The van der Waals surface area contributed by atoms with Crippen LogP contribution in [-0.4, -0.2) is 19.2 Å². The van der Waals surface area contributed by atoms with E-state index >= 15 is 0 Å². The van der Waals surface area contributed by atoms with Crippen molar-refractivity contribution in [1.29, 1.82) is 0 Å². The highest BCUT2D eigenvalue weighted by Crippen LogP contribution is 2.25. The number of nitrogens with two attached hydrogens (primary N) is 1. The van der Waals surface area contributed by atoms with E-state index in [1.54, 1.807) is 7.11 Å². The van der Waals surface area contributed by atoms with Crippen LogP contribution >= 0.6 is 0 Å². The summed E-state index contributed by atoms with van der Waals surface area (Å²) in [5, 5.41) is 3.52. The molecule has 0 bridgehead atoms. The molecule has 3 nitrogen and oxygen atoms in total. The average molecular weight is 270 g/mol. The molecule has 3 N–H and O–H groups in total. The summed E-state index contributed by atoms with van der Waals surface area (Å²) in [5.74, 6) is 0.905. The number of methoxy groups -OCH3 is 1. The lowest BCUT2D eigenvalue weighted by molar-refractivity contribution is 0.403. The van der Waals surface area contributed by atoms with Gasteiger partial charge in [-0.05, 0) is 37.1 Å². The van der Waals surface area contributed by atoms with E-state index in [1.165, 1.54) is 0 Å². The Bertz CT molecular complexity index is 542. The Morgan fingerprint density at radius 1 is 1.05 bits per heavy atom. The number of rotatable bonds is 6. The van der Waals surface area contributed by atoms with Crippen LogP contribution in [0, 0.1) is 0 Å². The van der Waals surface area contributed by atoms with E-state index in [-0.39, 0.29) is 5.54 Å². The predicted molar refractivity (Wildman–Crippen MR) is 84.2 cm³/mol. The number of nitrogens with one attached hydrogen (secondary N) is 1. The van der Waals surface area contributed by atoms with Gasteiger partial charge in [0.25, 0.3) is 0 Å². The lowest BCUT2D eigenvalue weighted by Gasteiger charge is -2.31. The number of ether oxygens (including phenoxy) is 1. The van der Waals surface area contributed by atoms with Crippen LogP contribution in [0.25, 0.3) is 0 Å². The molecule has 1 unspecified atom stereocenters. The zero-order valence-corrected chi connectivity index (χ0v) is 12.1. The first kappa shape index (κ1) is 14.4. The zero-order valence-electron chi connectivity index (χ0n) is 12.1. The first-order valence-electron chi connectivity index (χ1n) is 6.82. The lowest BCUT2D eigenvalue weighted by Crippen LogP contribution is -2.44. The van der Waals surface area contributed by atoms with Crippen LogP contribution in [0.4, 0.5) is 5.69 Å². The molecule has 20 heavy (non-hydrogen) atoms. The fourth-order valence-corrected chi connectivity index (χ4v) is 2.31. The van der Waals surface area contributed by atoms with Gasteiger partial charge in [-0.2, -0.15) is 0 Å². The van der Waals surface area contributed by atoms with Crippen molar-refractivity contribution < 1.29 is 4.74 Å². The molecule has 0 aliphatic heterocycles. The minimum absolute atomic E-state index is 0.212. The standard InChI is InChI=1S/C17H22N2O/c1-17(13-18,19-15-9-4-3-5-10-15)12-14-8-6-7-11-16(14)20-2/h3-11,19H,12-13,18H2,1-2H3. The van der Waals surface area contributed by atoms with Gasteiger partial charge in [-0.25, -0.2) is 0 Å². The molecule has 0 spiro atoms. The van der Waals surface area contributed by atoms with Gasteiger partial charge in [0.05, 0.1) is 12.6 Å². The van der Waals surface area contributed by atoms with Crippen molar-refractivity contribution >= 4 is 5.69 Å². The number of para-hydroxylation sites is 2. The van der Waals surface area contributed by atoms with E-state index < -0.39 is 0 Å². The predicted octanol–water partition coefficient (Wildman–Crippen LogP) is 3.07. The van der Waals surface area contributed by atoms with Crippen molar-refractivity contribution in [2.75, 3.05) is 19.0 Å². The smallest absolute Gasteiger partial charge is 0.122 e. The highest BCUT2D eigenvalue weighted by Gasteiger charge is 2.24. The molecule has 0 fully saturated rings. The van der Waals surface area contributed by atoms with Crippen molar-refractivity contribution in [2.24, 2.45) is 5.73 Å². The third kappa shape index (κ3) is 3.52. The molecule has 0 radical (unpaired) electrons. The molecule has 0 aliphatic carbocycles. The highest BCUT2D eigenvalue weighted by atomic mass is 16.5. The first-order valence-corrected chi connectivity index (χ1v) is 6.82. The Labute approximate surface area is 120 Å². The van der Waals surface area contributed by atoms with E-state index in [0.29, 0.717) is 6.54 Å². The highest BCUT2D eigenvalue weighted by molar-refractivity contribution is 5.46. The van der Waals surface area contributed by atoms with Gasteiger partial charge in [0.15, 0.2) is 0 Å². The van der Waals surface area contributed by atoms with Gasteiger partial charge in [-0.3, -0.25) is 0 Å². The minimum atomic E-state index is -0.212. The van der Waals surface area contributed by atoms with Gasteiger partial charge in [0, 0.05) is 12.2 Å². The monoisotopic (exact) mass is 270 g/mol. The molecule has 2 aromatic rings. The van der Waals surface area contributed by atoms with Crippen LogP contribution in [0.15, 0.2) is 54.6 Å². The third-order valence-electron chi connectivity index (χ3n) is 3.44. The summed E-state index contributed by atoms with van der Waals surface area (Å²) in [6.45, 7) is 2.67. The topological polar surface area (TPSA) is 47.3 Å². The first-order chi connectivity index (χ1) is 9.67. The Kier molecular flexibility index (Phi) is 4.64. The molecular formula is C17H22N2O. The fraction of sp³-hybridized carbons (Fsp3) is 0.294. The zero-order chi connectivity index (χ0) is 14.4. The third-order valence-corrected chi connectivity index (χ3v) is 3.44. The molecule has 106 valence electrons. The second-order valence-electron chi connectivity index (χ2n) is 5.24. The van der Waals surface area contributed by atoms with Crippen molar-refractivity contribution in [3.8, 4) is 5.75 Å². The maximum absolute atomic E-state index is 5.99. The Morgan fingerprint density at radius 2 is 1.70 bits per heavy atom. The Morgan fingerprint density at radius 3 is 2.35 bits per heavy atom. The molecule has 0 heterocycles. The Hall–Kier alpha value is -2.00. The summed E-state index contributed by atoms with van der Waals surface area (Å²) in [6, 6.07) is 18.2. The fourth-order valence-electron chi connectivity index (χ4n) is 2.31. The normalized spacial score (nSPS) is 13.6. The molecule has 2 aromatic carbocycles. The number of hydrogen-bond donors (Lipinski definition) is 2. The largest absolute Gasteiger partial charge is 0.496 e. The quantitative estimate of drug-likeness (QED) is 0.848. The second-order valence-corrected chi connectivity index (χ2v) is 5.24. The van der Waals surface area contributed by atoms with E-state index in [0.717, 1.165) is 23.4 Å². The van der Waals surface area contributed by atoms with E-state index in [9.17, 15) is 0 Å². The van der Waals surface area contributed by atoms with Crippen LogP contribution < -0.4 is 15.8 Å². The van der Waals surface area contributed by atoms with Crippen molar-refractivity contribution in [3.63, 3.8) is 0 Å². The van der Waals surface area contributed by atoms with E-state index in [2.05, 4.69) is 30.4 Å². The molecular weight excluding hydrogens is 248 g/mol. The number of anilines is 1. The molecule has 3 heteroatoms. The van der Waals surface area contributed by atoms with Gasteiger partial charge in [0.1, 0.15) is 5.75 Å². The summed E-state index contributed by atoms with van der Waals surface area (Å²) < 4.78 is 5.42. The average Bonchev–Trinajstić information content (AvgIpc) is 2.49. The van der Waals surface area contributed by atoms with Gasteiger partial charge in [-0.15, -0.1) is 0 Å². The molecule has 1 atom stereocenters. The molecule has 2 rings (SSSR count). The van der Waals surface area contributed by atoms with Gasteiger partial charge in [0.2, 0.25) is 0 Å². The van der Waals surface area contributed by atoms with Gasteiger partial charge in [-0.1, -0.05) is 36.4 Å². The van der Waals surface area contributed by atoms with Crippen LogP contribution in [0.2, 0.25) is 0 Å². The molecule has 0 amide bonds. The molecule has 0 aliphatic rings. The second kappa shape index (κ2) is 6.44. The van der Waals surface area contributed by atoms with E-state index in [4.69, 9.17) is 10.5 Å². The van der Waals surface area contributed by atoms with Crippen LogP contribution in [-0.2, 0) is 6.42 Å². The summed E-state index contributed by atoms with van der Waals surface area (Å²) in [5.41, 5.74) is 8.02. The SMILES string of the molecule is COc1ccccc1CC(C)(CN)Nc1ccccc1. The maximum Gasteiger partial charge on any atom is 0.122 e. The summed E-state index contributed by atoms with van der Waals surface area (Å²) in [6.07, 6.45) is 0.808. The van der Waals surface area contributed by atoms with Gasteiger partial charge < -0.3 is 15.8 Å². The number of benzene rings is 2. The number of hydrogen-bond acceptors (Lipinski definition) is 3. The molecule has 0 aromatic heterocycles. The Balaban J connectivity index is 2.19. The maximum atomic E-state index is 5.99. The van der Waals surface area contributed by atoms with Crippen LogP contribution in [0.1, 0.15) is 12.5 Å². The molecule has 0 saturated heterocycles. The minimum Gasteiger partial charge on any atom is -0.496 e. The van der Waals surface area contributed by atoms with E-state index in [1.807, 2.05) is 36.4 Å². The summed E-state index contributed by atoms with van der Waals surface area (Å²) in [4.78, 5) is 0. The lowest BCUT2D eigenvalue weighted by atomic mass is 9.92. The van der Waals surface area contributed by atoms with Crippen molar-refractivity contribution in [1.82, 2.24) is 0 Å².